The Bertz CT molecular complexity index is 356. The molecule has 2 heterocycles. The Labute approximate surface area is 109 Å². The number of aromatic nitrogens is 1. The SMILES string of the molecule is CN(C)c1ccc(C2CCN(CCO)CC2)nc1. The quantitative estimate of drug-likeness (QED) is 0.873. The van der Waals surface area contributed by atoms with Crippen molar-refractivity contribution in [1.82, 2.24) is 9.88 Å². The van der Waals surface area contributed by atoms with E-state index in [0.717, 1.165) is 38.2 Å². The van der Waals surface area contributed by atoms with Crippen LogP contribution in [0.15, 0.2) is 18.3 Å². The molecule has 0 aromatic carbocycles. The van der Waals surface area contributed by atoms with E-state index in [4.69, 9.17) is 5.11 Å². The molecule has 0 amide bonds. The van der Waals surface area contributed by atoms with E-state index < -0.39 is 0 Å². The van der Waals surface area contributed by atoms with Gasteiger partial charge < -0.3 is 14.9 Å². The summed E-state index contributed by atoms with van der Waals surface area (Å²) in [6, 6.07) is 4.30. The average Bonchev–Trinajstić information content (AvgIpc) is 2.40. The molecule has 0 aliphatic carbocycles. The fourth-order valence-electron chi connectivity index (χ4n) is 2.50. The highest BCUT2D eigenvalue weighted by Crippen LogP contribution is 2.27. The van der Waals surface area contributed by atoms with Gasteiger partial charge in [-0.2, -0.15) is 0 Å². The van der Waals surface area contributed by atoms with E-state index in [1.807, 2.05) is 20.3 Å². The summed E-state index contributed by atoms with van der Waals surface area (Å²) in [4.78, 5) is 8.98. The van der Waals surface area contributed by atoms with E-state index in [9.17, 15) is 0 Å². The lowest BCUT2D eigenvalue weighted by atomic mass is 9.93. The molecule has 4 heteroatoms. The Morgan fingerprint density at radius 3 is 2.56 bits per heavy atom. The number of anilines is 1. The van der Waals surface area contributed by atoms with E-state index in [1.165, 1.54) is 5.69 Å². The second kappa shape index (κ2) is 6.16. The van der Waals surface area contributed by atoms with Crippen molar-refractivity contribution in [3.63, 3.8) is 0 Å². The molecule has 1 aromatic heterocycles. The lowest BCUT2D eigenvalue weighted by Crippen LogP contribution is -2.35. The number of β-amino-alcohol motifs (C(OH)–C–C–N with tert-alkyl or cyclic N) is 1. The predicted octanol–water partition coefficient (Wildman–Crippen LogP) is 1.32. The van der Waals surface area contributed by atoms with E-state index in [-0.39, 0.29) is 6.61 Å². The van der Waals surface area contributed by atoms with Crippen LogP contribution in [0.2, 0.25) is 0 Å². The van der Waals surface area contributed by atoms with Crippen molar-refractivity contribution in [1.29, 1.82) is 0 Å². The van der Waals surface area contributed by atoms with Gasteiger partial charge in [0, 0.05) is 32.3 Å². The monoisotopic (exact) mass is 249 g/mol. The largest absolute Gasteiger partial charge is 0.395 e. The molecule has 0 radical (unpaired) electrons. The van der Waals surface area contributed by atoms with Gasteiger partial charge in [-0.1, -0.05) is 0 Å². The van der Waals surface area contributed by atoms with Crippen molar-refractivity contribution >= 4 is 5.69 Å². The molecular formula is C14H23N3O. The predicted molar refractivity (Wildman–Crippen MR) is 74.1 cm³/mol. The van der Waals surface area contributed by atoms with E-state index in [1.54, 1.807) is 0 Å². The molecule has 100 valence electrons. The van der Waals surface area contributed by atoms with Gasteiger partial charge in [-0.05, 0) is 38.1 Å². The van der Waals surface area contributed by atoms with Crippen molar-refractivity contribution < 1.29 is 5.11 Å². The van der Waals surface area contributed by atoms with Crippen molar-refractivity contribution in [2.75, 3.05) is 45.2 Å². The Kier molecular flexibility index (Phi) is 4.55. The Balaban J connectivity index is 1.93. The minimum Gasteiger partial charge on any atom is -0.395 e. The number of rotatable bonds is 4. The summed E-state index contributed by atoms with van der Waals surface area (Å²) in [5.74, 6) is 0.580. The highest BCUT2D eigenvalue weighted by molar-refractivity contribution is 5.42. The molecule has 1 aliphatic rings. The number of hydrogen-bond acceptors (Lipinski definition) is 4. The van der Waals surface area contributed by atoms with Crippen LogP contribution in [-0.4, -0.2) is 55.3 Å². The first-order valence-electron chi connectivity index (χ1n) is 6.67. The van der Waals surface area contributed by atoms with Gasteiger partial charge in [0.1, 0.15) is 0 Å². The zero-order chi connectivity index (χ0) is 13.0. The molecule has 0 atom stereocenters. The highest BCUT2D eigenvalue weighted by Gasteiger charge is 2.20. The summed E-state index contributed by atoms with van der Waals surface area (Å²) >= 11 is 0. The van der Waals surface area contributed by atoms with Crippen LogP contribution < -0.4 is 4.90 Å². The van der Waals surface area contributed by atoms with E-state index >= 15 is 0 Å². The van der Waals surface area contributed by atoms with Crippen LogP contribution >= 0.6 is 0 Å². The molecule has 0 saturated carbocycles. The molecule has 1 fully saturated rings. The van der Waals surface area contributed by atoms with Gasteiger partial charge in [-0.3, -0.25) is 4.98 Å². The Hall–Kier alpha value is -1.13. The number of pyridine rings is 1. The standard InChI is InChI=1S/C14H23N3O/c1-16(2)13-3-4-14(15-11-13)12-5-7-17(8-6-12)9-10-18/h3-4,11-12,18H,5-10H2,1-2H3. The summed E-state index contributed by atoms with van der Waals surface area (Å²) in [7, 11) is 4.06. The fraction of sp³-hybridized carbons (Fsp3) is 0.643. The summed E-state index contributed by atoms with van der Waals surface area (Å²) in [5.41, 5.74) is 2.36. The van der Waals surface area contributed by atoms with Gasteiger partial charge in [0.05, 0.1) is 18.5 Å². The maximum atomic E-state index is 8.93. The van der Waals surface area contributed by atoms with Crippen molar-refractivity contribution in [2.24, 2.45) is 0 Å². The topological polar surface area (TPSA) is 39.6 Å². The molecule has 4 nitrogen and oxygen atoms in total. The van der Waals surface area contributed by atoms with Crippen molar-refractivity contribution in [2.45, 2.75) is 18.8 Å². The van der Waals surface area contributed by atoms with Crippen LogP contribution in [0.3, 0.4) is 0 Å². The van der Waals surface area contributed by atoms with Crippen LogP contribution in [0.25, 0.3) is 0 Å². The molecule has 18 heavy (non-hydrogen) atoms. The maximum absolute atomic E-state index is 8.93. The van der Waals surface area contributed by atoms with Crippen LogP contribution in [0.1, 0.15) is 24.5 Å². The first-order valence-corrected chi connectivity index (χ1v) is 6.67. The summed E-state index contributed by atoms with van der Waals surface area (Å²) in [5, 5.41) is 8.93. The first-order chi connectivity index (χ1) is 8.70. The van der Waals surface area contributed by atoms with Crippen LogP contribution in [0, 0.1) is 0 Å². The molecular weight excluding hydrogens is 226 g/mol. The summed E-state index contributed by atoms with van der Waals surface area (Å²) in [6.45, 7) is 3.21. The molecule has 0 unspecified atom stereocenters. The fourth-order valence-corrected chi connectivity index (χ4v) is 2.50. The number of nitrogens with zero attached hydrogens (tertiary/aromatic N) is 3. The Morgan fingerprint density at radius 1 is 1.33 bits per heavy atom. The number of aliphatic hydroxyl groups is 1. The average molecular weight is 249 g/mol. The minimum absolute atomic E-state index is 0.264. The van der Waals surface area contributed by atoms with Crippen LogP contribution in [0.4, 0.5) is 5.69 Å². The van der Waals surface area contributed by atoms with Gasteiger partial charge in [0.25, 0.3) is 0 Å². The molecule has 1 saturated heterocycles. The second-order valence-electron chi connectivity index (χ2n) is 5.18. The molecule has 0 spiro atoms. The maximum Gasteiger partial charge on any atom is 0.0558 e. The van der Waals surface area contributed by atoms with Crippen molar-refractivity contribution in [3.8, 4) is 0 Å². The van der Waals surface area contributed by atoms with Gasteiger partial charge in [-0.15, -0.1) is 0 Å². The lowest BCUT2D eigenvalue weighted by Gasteiger charge is -2.31. The van der Waals surface area contributed by atoms with Gasteiger partial charge in [-0.25, -0.2) is 0 Å². The second-order valence-corrected chi connectivity index (χ2v) is 5.18. The first kappa shape index (κ1) is 13.3. The molecule has 1 aromatic rings. The third-order valence-corrected chi connectivity index (χ3v) is 3.71. The van der Waals surface area contributed by atoms with Gasteiger partial charge in [0.2, 0.25) is 0 Å². The van der Waals surface area contributed by atoms with Crippen LogP contribution in [0.5, 0.6) is 0 Å². The third kappa shape index (κ3) is 3.21. The molecule has 1 aliphatic heterocycles. The number of aliphatic hydroxyl groups excluding tert-OH is 1. The molecule has 1 N–H and O–H groups in total. The van der Waals surface area contributed by atoms with E-state index in [0.29, 0.717) is 5.92 Å². The summed E-state index contributed by atoms with van der Waals surface area (Å²) in [6.07, 6.45) is 4.25. The number of likely N-dealkylation sites (tertiary alicyclic amines) is 1. The lowest BCUT2D eigenvalue weighted by molar-refractivity contribution is 0.163. The molecule has 2 rings (SSSR count). The number of hydrogen-bond donors (Lipinski definition) is 1. The smallest absolute Gasteiger partial charge is 0.0558 e. The zero-order valence-corrected chi connectivity index (χ0v) is 11.3. The van der Waals surface area contributed by atoms with Crippen molar-refractivity contribution in [3.05, 3.63) is 24.0 Å². The van der Waals surface area contributed by atoms with Crippen LogP contribution in [-0.2, 0) is 0 Å². The minimum atomic E-state index is 0.264. The zero-order valence-electron chi connectivity index (χ0n) is 11.3. The van der Waals surface area contributed by atoms with Gasteiger partial charge >= 0.3 is 0 Å². The van der Waals surface area contributed by atoms with E-state index in [2.05, 4.69) is 26.9 Å². The highest BCUT2D eigenvalue weighted by atomic mass is 16.3. The normalized spacial score (nSPS) is 17.9. The number of piperidine rings is 1. The summed E-state index contributed by atoms with van der Waals surface area (Å²) < 4.78 is 0. The molecule has 0 bridgehead atoms. The van der Waals surface area contributed by atoms with Gasteiger partial charge in [0.15, 0.2) is 0 Å². The Morgan fingerprint density at radius 2 is 2.06 bits per heavy atom. The third-order valence-electron chi connectivity index (χ3n) is 3.71.